The van der Waals surface area contributed by atoms with Crippen molar-refractivity contribution in [3.8, 4) is 0 Å². The van der Waals surface area contributed by atoms with Gasteiger partial charge in [0.25, 0.3) is 5.91 Å². The van der Waals surface area contributed by atoms with Crippen LogP contribution in [0.5, 0.6) is 0 Å². The molecule has 6 nitrogen and oxygen atoms in total. The van der Waals surface area contributed by atoms with Crippen LogP contribution in [0.3, 0.4) is 0 Å². The summed E-state index contributed by atoms with van der Waals surface area (Å²) in [6.45, 7) is -0.324. The van der Waals surface area contributed by atoms with Crippen molar-refractivity contribution < 1.29 is 14.3 Å². The number of aromatic nitrogens is 2. The molecule has 0 spiro atoms. The van der Waals surface area contributed by atoms with Gasteiger partial charge in [-0.2, -0.15) is 0 Å². The Labute approximate surface area is 179 Å². The maximum Gasteiger partial charge on any atom is 0.348 e. The Morgan fingerprint density at radius 1 is 1.20 bits per heavy atom. The summed E-state index contributed by atoms with van der Waals surface area (Å²) in [6, 6.07) is 11.1. The highest BCUT2D eigenvalue weighted by Crippen LogP contribution is 2.29. The van der Waals surface area contributed by atoms with Gasteiger partial charge in [0.15, 0.2) is 6.61 Å². The van der Waals surface area contributed by atoms with E-state index in [1.807, 2.05) is 54.2 Å². The summed E-state index contributed by atoms with van der Waals surface area (Å²) in [6.07, 6.45) is 9.13. The van der Waals surface area contributed by atoms with Crippen molar-refractivity contribution in [2.24, 2.45) is 7.05 Å². The summed E-state index contributed by atoms with van der Waals surface area (Å²) in [5.74, 6) is -0.0855. The highest BCUT2D eigenvalue weighted by molar-refractivity contribution is 7.14. The van der Waals surface area contributed by atoms with Gasteiger partial charge in [0, 0.05) is 24.3 Å². The zero-order valence-electron chi connectivity index (χ0n) is 17.0. The number of amides is 1. The highest BCUT2D eigenvalue weighted by Gasteiger charge is 2.22. The SMILES string of the molecule is Cn1ccnc1C(NC(=O)COC(=O)c1cc2c(s1)CCCCC2)c1ccccc1. The molecular weight excluding hydrogens is 398 g/mol. The number of esters is 1. The van der Waals surface area contributed by atoms with Crippen LogP contribution in [0.1, 0.15) is 56.8 Å². The third-order valence-corrected chi connectivity index (χ3v) is 6.55. The molecule has 0 saturated carbocycles. The van der Waals surface area contributed by atoms with Gasteiger partial charge in [0.05, 0.1) is 0 Å². The Bertz CT molecular complexity index is 1000. The standard InChI is InChI=1S/C23H25N3O3S/c1-26-13-12-24-22(26)21(16-8-4-2-5-9-16)25-20(27)15-29-23(28)19-14-17-10-6-3-7-11-18(17)30-19/h2,4-5,8-9,12-14,21H,3,6-7,10-11,15H2,1H3,(H,25,27). The number of carbonyl (C=O) groups is 2. The molecule has 1 aromatic carbocycles. The number of nitrogens with zero attached hydrogens (tertiary/aromatic N) is 2. The second-order valence-corrected chi connectivity index (χ2v) is 8.64. The summed E-state index contributed by atoms with van der Waals surface area (Å²) in [7, 11) is 1.88. The Hall–Kier alpha value is -2.93. The number of hydrogen-bond acceptors (Lipinski definition) is 5. The van der Waals surface area contributed by atoms with Crippen molar-refractivity contribution in [3.05, 3.63) is 75.5 Å². The molecule has 30 heavy (non-hydrogen) atoms. The Balaban J connectivity index is 1.40. The first-order valence-corrected chi connectivity index (χ1v) is 11.0. The first kappa shape index (κ1) is 20.3. The van der Waals surface area contributed by atoms with Crippen LogP contribution in [0.15, 0.2) is 48.8 Å². The van der Waals surface area contributed by atoms with E-state index in [9.17, 15) is 9.59 Å². The smallest absolute Gasteiger partial charge is 0.348 e. The van der Waals surface area contributed by atoms with Crippen LogP contribution >= 0.6 is 11.3 Å². The second kappa shape index (κ2) is 9.26. The van der Waals surface area contributed by atoms with Gasteiger partial charge in [-0.25, -0.2) is 9.78 Å². The molecule has 4 rings (SSSR count). The molecule has 2 heterocycles. The summed E-state index contributed by atoms with van der Waals surface area (Å²) < 4.78 is 7.18. The third-order valence-electron chi connectivity index (χ3n) is 5.34. The van der Waals surface area contributed by atoms with Gasteiger partial charge in [-0.1, -0.05) is 36.8 Å². The molecule has 0 saturated heterocycles. The number of thiophene rings is 1. The van der Waals surface area contributed by atoms with Crippen LogP contribution < -0.4 is 5.32 Å². The quantitative estimate of drug-likeness (QED) is 0.483. The van der Waals surface area contributed by atoms with Crippen molar-refractivity contribution in [1.29, 1.82) is 0 Å². The van der Waals surface area contributed by atoms with E-state index in [0.717, 1.165) is 24.8 Å². The average Bonchev–Trinajstić information content (AvgIpc) is 3.31. The first-order chi connectivity index (χ1) is 14.6. The fourth-order valence-corrected chi connectivity index (χ4v) is 4.92. The van der Waals surface area contributed by atoms with Gasteiger partial charge in [0.2, 0.25) is 0 Å². The van der Waals surface area contributed by atoms with Crippen LogP contribution in [0.4, 0.5) is 0 Å². The molecule has 1 amide bonds. The molecule has 0 bridgehead atoms. The Morgan fingerprint density at radius 3 is 2.77 bits per heavy atom. The van der Waals surface area contributed by atoms with Crippen molar-refractivity contribution in [2.45, 2.75) is 38.1 Å². The largest absolute Gasteiger partial charge is 0.451 e. The normalized spacial score (nSPS) is 14.4. The van der Waals surface area contributed by atoms with Crippen molar-refractivity contribution in [1.82, 2.24) is 14.9 Å². The number of imidazole rings is 1. The predicted octanol–water partition coefficient (Wildman–Crippen LogP) is 3.81. The monoisotopic (exact) mass is 423 g/mol. The summed E-state index contributed by atoms with van der Waals surface area (Å²) >= 11 is 1.50. The minimum atomic E-state index is -0.434. The molecule has 156 valence electrons. The van der Waals surface area contributed by atoms with Crippen molar-refractivity contribution in [2.75, 3.05) is 6.61 Å². The fourth-order valence-electron chi connectivity index (χ4n) is 3.77. The predicted molar refractivity (Wildman–Crippen MR) is 115 cm³/mol. The first-order valence-electron chi connectivity index (χ1n) is 10.2. The molecule has 0 radical (unpaired) electrons. The van der Waals surface area contributed by atoms with Crippen molar-refractivity contribution >= 4 is 23.2 Å². The van der Waals surface area contributed by atoms with Crippen LogP contribution in [-0.2, 0) is 29.4 Å². The zero-order valence-corrected chi connectivity index (χ0v) is 17.8. The van der Waals surface area contributed by atoms with E-state index in [4.69, 9.17) is 4.74 Å². The second-order valence-electron chi connectivity index (χ2n) is 7.50. The minimum absolute atomic E-state index is 0.324. The van der Waals surface area contributed by atoms with Crippen LogP contribution in [0, 0.1) is 0 Å². The number of fused-ring (bicyclic) bond motifs is 1. The zero-order chi connectivity index (χ0) is 20.9. The number of benzene rings is 1. The molecule has 0 fully saturated rings. The van der Waals surface area contributed by atoms with Crippen LogP contribution in [0.25, 0.3) is 0 Å². The van der Waals surface area contributed by atoms with Gasteiger partial charge in [-0.15, -0.1) is 11.3 Å². The van der Waals surface area contributed by atoms with E-state index < -0.39 is 12.0 Å². The molecule has 2 aromatic heterocycles. The molecule has 7 heteroatoms. The average molecular weight is 424 g/mol. The van der Waals surface area contributed by atoms with E-state index in [2.05, 4.69) is 10.3 Å². The maximum atomic E-state index is 12.6. The van der Waals surface area contributed by atoms with E-state index in [1.165, 1.54) is 34.6 Å². The molecule has 1 N–H and O–H groups in total. The van der Waals surface area contributed by atoms with Crippen LogP contribution in [-0.4, -0.2) is 28.0 Å². The third kappa shape index (κ3) is 4.62. The number of nitrogens with one attached hydrogen (secondary N) is 1. The Kier molecular flexibility index (Phi) is 6.28. The molecule has 1 aliphatic rings. The number of rotatable bonds is 6. The highest BCUT2D eigenvalue weighted by atomic mass is 32.1. The maximum absolute atomic E-state index is 12.6. The molecule has 0 aliphatic heterocycles. The van der Waals surface area contributed by atoms with Gasteiger partial charge in [0.1, 0.15) is 16.7 Å². The minimum Gasteiger partial charge on any atom is -0.451 e. The molecular formula is C23H25N3O3S. The summed E-state index contributed by atoms with van der Waals surface area (Å²) in [5, 5.41) is 2.94. The Morgan fingerprint density at radius 2 is 2.00 bits per heavy atom. The lowest BCUT2D eigenvalue weighted by molar-refractivity contribution is -0.124. The lowest BCUT2D eigenvalue weighted by Gasteiger charge is -2.19. The van der Waals surface area contributed by atoms with Gasteiger partial charge in [-0.05, 0) is 42.9 Å². The summed E-state index contributed by atoms with van der Waals surface area (Å²) in [5.41, 5.74) is 2.17. The van der Waals surface area contributed by atoms with E-state index >= 15 is 0 Å². The number of aryl methyl sites for hydroxylation is 3. The molecule has 1 atom stereocenters. The molecule has 1 unspecified atom stereocenters. The molecule has 1 aliphatic carbocycles. The van der Waals surface area contributed by atoms with Crippen LogP contribution in [0.2, 0.25) is 0 Å². The topological polar surface area (TPSA) is 73.2 Å². The number of carbonyl (C=O) groups excluding carboxylic acids is 2. The molecule has 3 aromatic rings. The lowest BCUT2D eigenvalue weighted by Crippen LogP contribution is -2.34. The number of ether oxygens (including phenoxy) is 1. The van der Waals surface area contributed by atoms with E-state index in [-0.39, 0.29) is 12.5 Å². The van der Waals surface area contributed by atoms with Gasteiger partial charge >= 0.3 is 5.97 Å². The lowest BCUT2D eigenvalue weighted by atomic mass is 10.1. The van der Waals surface area contributed by atoms with Gasteiger partial charge in [-0.3, -0.25) is 4.79 Å². The summed E-state index contributed by atoms with van der Waals surface area (Å²) in [4.78, 5) is 31.3. The number of hydrogen-bond donors (Lipinski definition) is 1. The van der Waals surface area contributed by atoms with E-state index in [0.29, 0.717) is 10.7 Å². The van der Waals surface area contributed by atoms with Gasteiger partial charge < -0.3 is 14.6 Å². The van der Waals surface area contributed by atoms with Crippen molar-refractivity contribution in [3.63, 3.8) is 0 Å². The fraction of sp³-hybridized carbons (Fsp3) is 0.348. The van der Waals surface area contributed by atoms with E-state index in [1.54, 1.807) is 6.20 Å².